The molecule has 7 nitrogen and oxygen atoms in total. The molecule has 2 aromatic rings. The number of esters is 1. The molecule has 0 unspecified atom stereocenters. The first-order valence-corrected chi connectivity index (χ1v) is 9.32. The minimum atomic E-state index is -3.51. The Labute approximate surface area is 140 Å². The number of hydrogen-bond donors (Lipinski definition) is 0. The van der Waals surface area contributed by atoms with Gasteiger partial charge in [-0.1, -0.05) is 29.8 Å². The number of aryl methyl sites for hydroxylation is 2. The molecule has 1 heterocycles. The second-order valence-corrected chi connectivity index (χ2v) is 7.51. The number of rotatable bonds is 8. The molecule has 0 aliphatic rings. The van der Waals surface area contributed by atoms with Gasteiger partial charge in [-0.05, 0) is 25.5 Å². The molecule has 0 radical (unpaired) electrons. The Kier molecular flexibility index (Phi) is 6.08. The van der Waals surface area contributed by atoms with Crippen molar-refractivity contribution in [1.82, 2.24) is 10.1 Å². The van der Waals surface area contributed by atoms with Crippen LogP contribution < -0.4 is 0 Å². The summed E-state index contributed by atoms with van der Waals surface area (Å²) in [7, 11) is -3.51. The molecule has 24 heavy (non-hydrogen) atoms. The van der Waals surface area contributed by atoms with Gasteiger partial charge in [-0.2, -0.15) is 4.98 Å². The molecule has 0 N–H and O–H groups in total. The van der Waals surface area contributed by atoms with E-state index in [1.165, 1.54) is 12.1 Å². The van der Waals surface area contributed by atoms with Crippen LogP contribution in [0.15, 0.2) is 33.7 Å². The fourth-order valence-corrected chi connectivity index (χ4v) is 3.19. The second kappa shape index (κ2) is 8.05. The SMILES string of the molecule is CCCc1noc(COC(=O)CCS(=O)(=O)c2ccc(C)cc2)n1. The molecule has 2 rings (SSSR count). The number of ether oxygens (including phenoxy) is 1. The number of sulfone groups is 1. The summed E-state index contributed by atoms with van der Waals surface area (Å²) in [6.07, 6.45) is 1.34. The summed E-state index contributed by atoms with van der Waals surface area (Å²) < 4.78 is 34.2. The lowest BCUT2D eigenvalue weighted by Crippen LogP contribution is -2.13. The van der Waals surface area contributed by atoms with Gasteiger partial charge in [-0.25, -0.2) is 8.42 Å². The lowest BCUT2D eigenvalue weighted by Gasteiger charge is -2.05. The van der Waals surface area contributed by atoms with Gasteiger partial charge in [0, 0.05) is 6.42 Å². The molecule has 0 saturated carbocycles. The number of hydrogen-bond acceptors (Lipinski definition) is 7. The van der Waals surface area contributed by atoms with Crippen LogP contribution in [0.4, 0.5) is 0 Å². The fourth-order valence-electron chi connectivity index (χ4n) is 1.97. The minimum Gasteiger partial charge on any atom is -0.456 e. The highest BCUT2D eigenvalue weighted by Crippen LogP contribution is 2.13. The number of aromatic nitrogens is 2. The van der Waals surface area contributed by atoms with Crippen LogP contribution in [-0.2, 0) is 32.4 Å². The van der Waals surface area contributed by atoms with Gasteiger partial charge in [0.05, 0.1) is 17.1 Å². The van der Waals surface area contributed by atoms with E-state index in [9.17, 15) is 13.2 Å². The third kappa shape index (κ3) is 5.16. The Morgan fingerprint density at radius 1 is 1.25 bits per heavy atom. The maximum atomic E-state index is 12.1. The topological polar surface area (TPSA) is 99.4 Å². The lowest BCUT2D eigenvalue weighted by atomic mass is 10.2. The van der Waals surface area contributed by atoms with Crippen LogP contribution in [0.2, 0.25) is 0 Å². The van der Waals surface area contributed by atoms with Crippen molar-refractivity contribution in [3.63, 3.8) is 0 Å². The van der Waals surface area contributed by atoms with Crippen LogP contribution in [0, 0.1) is 6.92 Å². The van der Waals surface area contributed by atoms with E-state index in [4.69, 9.17) is 9.26 Å². The quantitative estimate of drug-likeness (QED) is 0.672. The van der Waals surface area contributed by atoms with Gasteiger partial charge in [0.1, 0.15) is 0 Å². The van der Waals surface area contributed by atoms with Crippen LogP contribution in [-0.4, -0.2) is 30.3 Å². The smallest absolute Gasteiger partial charge is 0.307 e. The Morgan fingerprint density at radius 3 is 2.62 bits per heavy atom. The summed E-state index contributed by atoms with van der Waals surface area (Å²) in [5.74, 6) is -0.167. The minimum absolute atomic E-state index is 0.153. The zero-order valence-corrected chi connectivity index (χ0v) is 14.5. The predicted molar refractivity (Wildman–Crippen MR) is 85.9 cm³/mol. The molecule has 0 saturated heterocycles. The number of nitrogens with zero attached hydrogens (tertiary/aromatic N) is 2. The zero-order chi connectivity index (χ0) is 17.6. The largest absolute Gasteiger partial charge is 0.456 e. The van der Waals surface area contributed by atoms with E-state index in [1.54, 1.807) is 12.1 Å². The Morgan fingerprint density at radius 2 is 1.96 bits per heavy atom. The van der Waals surface area contributed by atoms with Gasteiger partial charge in [0.15, 0.2) is 22.3 Å². The van der Waals surface area contributed by atoms with Crippen molar-refractivity contribution in [2.75, 3.05) is 5.75 Å². The van der Waals surface area contributed by atoms with E-state index >= 15 is 0 Å². The maximum Gasteiger partial charge on any atom is 0.307 e. The van der Waals surface area contributed by atoms with Gasteiger partial charge in [-0.15, -0.1) is 0 Å². The molecule has 0 atom stereocenters. The molecule has 1 aromatic heterocycles. The molecular weight excluding hydrogens is 332 g/mol. The van der Waals surface area contributed by atoms with Crippen LogP contribution in [0.3, 0.4) is 0 Å². The fraction of sp³-hybridized carbons (Fsp3) is 0.438. The van der Waals surface area contributed by atoms with Crippen molar-refractivity contribution >= 4 is 15.8 Å². The summed E-state index contributed by atoms with van der Waals surface area (Å²) in [4.78, 5) is 16.0. The second-order valence-electron chi connectivity index (χ2n) is 5.40. The van der Waals surface area contributed by atoms with Crippen molar-refractivity contribution < 1.29 is 22.5 Å². The van der Waals surface area contributed by atoms with Gasteiger partial charge in [0.25, 0.3) is 5.89 Å². The van der Waals surface area contributed by atoms with E-state index in [0.29, 0.717) is 12.2 Å². The molecule has 0 fully saturated rings. The van der Waals surface area contributed by atoms with Crippen molar-refractivity contribution in [3.05, 3.63) is 41.5 Å². The normalized spacial score (nSPS) is 11.4. The average Bonchev–Trinajstić information content (AvgIpc) is 2.99. The maximum absolute atomic E-state index is 12.1. The molecule has 0 amide bonds. The van der Waals surface area contributed by atoms with Crippen molar-refractivity contribution in [2.45, 2.75) is 44.6 Å². The molecule has 8 heteroatoms. The highest BCUT2D eigenvalue weighted by molar-refractivity contribution is 7.91. The summed E-state index contributed by atoms with van der Waals surface area (Å²) in [6, 6.07) is 6.50. The average molecular weight is 352 g/mol. The highest BCUT2D eigenvalue weighted by atomic mass is 32.2. The summed E-state index contributed by atoms with van der Waals surface area (Å²) >= 11 is 0. The molecule has 0 bridgehead atoms. The van der Waals surface area contributed by atoms with E-state index < -0.39 is 15.8 Å². The van der Waals surface area contributed by atoms with Crippen LogP contribution >= 0.6 is 0 Å². The molecule has 1 aromatic carbocycles. The number of carbonyl (C=O) groups excluding carboxylic acids is 1. The van der Waals surface area contributed by atoms with Crippen LogP contribution in [0.25, 0.3) is 0 Å². The summed E-state index contributed by atoms with van der Waals surface area (Å²) in [5, 5.41) is 3.74. The summed E-state index contributed by atoms with van der Waals surface area (Å²) in [6.45, 7) is 3.71. The van der Waals surface area contributed by atoms with Crippen LogP contribution in [0.1, 0.15) is 37.0 Å². The van der Waals surface area contributed by atoms with Gasteiger partial charge < -0.3 is 9.26 Å². The summed E-state index contributed by atoms with van der Waals surface area (Å²) in [5.41, 5.74) is 0.968. The molecule has 0 aliphatic carbocycles. The van der Waals surface area contributed by atoms with Gasteiger partial charge in [-0.3, -0.25) is 4.79 Å². The molecule has 0 spiro atoms. The van der Waals surface area contributed by atoms with Crippen molar-refractivity contribution in [2.24, 2.45) is 0 Å². The predicted octanol–water partition coefficient (Wildman–Crippen LogP) is 2.24. The van der Waals surface area contributed by atoms with E-state index in [0.717, 1.165) is 12.0 Å². The number of benzene rings is 1. The zero-order valence-electron chi connectivity index (χ0n) is 13.7. The van der Waals surface area contributed by atoms with Crippen molar-refractivity contribution in [1.29, 1.82) is 0 Å². The van der Waals surface area contributed by atoms with E-state index in [1.807, 2.05) is 13.8 Å². The first-order valence-electron chi connectivity index (χ1n) is 7.67. The Balaban J connectivity index is 1.82. The van der Waals surface area contributed by atoms with Crippen molar-refractivity contribution in [3.8, 4) is 0 Å². The lowest BCUT2D eigenvalue weighted by molar-refractivity contribution is -0.145. The molecular formula is C16H20N2O5S. The standard InChI is InChI=1S/C16H20N2O5S/c1-3-4-14-17-15(23-18-14)11-22-16(19)9-10-24(20,21)13-7-5-12(2)6-8-13/h5-8H,3-4,9-11H2,1-2H3. The first-order chi connectivity index (χ1) is 11.4. The van der Waals surface area contributed by atoms with Crippen LogP contribution in [0.5, 0.6) is 0 Å². The van der Waals surface area contributed by atoms with Gasteiger partial charge in [0.2, 0.25) is 0 Å². The Hall–Kier alpha value is -2.22. The monoisotopic (exact) mass is 352 g/mol. The van der Waals surface area contributed by atoms with E-state index in [2.05, 4.69) is 10.1 Å². The third-order valence-corrected chi connectivity index (χ3v) is 5.03. The molecule has 0 aliphatic heterocycles. The highest BCUT2D eigenvalue weighted by Gasteiger charge is 2.17. The third-order valence-electron chi connectivity index (χ3n) is 3.30. The Bertz CT molecular complexity index is 781. The van der Waals surface area contributed by atoms with E-state index in [-0.39, 0.29) is 29.6 Å². The first kappa shape index (κ1) is 18.1. The molecule has 130 valence electrons. The number of carbonyl (C=O) groups is 1. The van der Waals surface area contributed by atoms with Gasteiger partial charge >= 0.3 is 5.97 Å².